The lowest BCUT2D eigenvalue weighted by Gasteiger charge is -2.17. The summed E-state index contributed by atoms with van der Waals surface area (Å²) in [5.74, 6) is -0.954. The Hall–Kier alpha value is -2.63. The lowest BCUT2D eigenvalue weighted by Crippen LogP contribution is -2.25. The molecule has 0 spiro atoms. The third-order valence-electron chi connectivity index (χ3n) is 2.64. The Morgan fingerprint density at radius 3 is 2.63 bits per heavy atom. The smallest absolute Gasteiger partial charge is 0.342 e. The number of nitrogens with zero attached hydrogens (tertiary/aromatic N) is 2. The van der Waals surface area contributed by atoms with Gasteiger partial charge in [0.2, 0.25) is 5.95 Å². The van der Waals surface area contributed by atoms with Gasteiger partial charge in [0.1, 0.15) is 5.56 Å². The van der Waals surface area contributed by atoms with Crippen molar-refractivity contribution in [2.24, 2.45) is 0 Å². The predicted molar refractivity (Wildman–Crippen MR) is 70.4 cm³/mol. The monoisotopic (exact) mass is 259 g/mol. The molecule has 0 aliphatic carbocycles. The zero-order valence-electron chi connectivity index (χ0n) is 10.3. The van der Waals surface area contributed by atoms with Crippen LogP contribution in [0.1, 0.15) is 15.9 Å². The SMILES string of the molecule is CN(Cc1ccccc1)c1ncc(C(=O)O)c(=O)[nH]1. The molecule has 0 radical (unpaired) electrons. The van der Waals surface area contributed by atoms with Crippen LogP contribution in [0.25, 0.3) is 0 Å². The van der Waals surface area contributed by atoms with E-state index in [-0.39, 0.29) is 5.56 Å². The van der Waals surface area contributed by atoms with Crippen molar-refractivity contribution >= 4 is 11.9 Å². The van der Waals surface area contributed by atoms with Crippen LogP contribution in [0.4, 0.5) is 5.95 Å². The molecule has 0 aliphatic rings. The molecule has 2 N–H and O–H groups in total. The van der Waals surface area contributed by atoms with E-state index < -0.39 is 11.5 Å². The van der Waals surface area contributed by atoms with E-state index in [2.05, 4.69) is 9.97 Å². The number of carboxylic acid groups (broad SMARTS) is 1. The van der Waals surface area contributed by atoms with Crippen LogP contribution >= 0.6 is 0 Å². The van der Waals surface area contributed by atoms with Gasteiger partial charge in [0, 0.05) is 13.6 Å². The molecule has 1 aromatic heterocycles. The number of hydrogen-bond acceptors (Lipinski definition) is 4. The summed E-state index contributed by atoms with van der Waals surface area (Å²) in [6.45, 7) is 0.566. The van der Waals surface area contributed by atoms with Crippen LogP contribution in [-0.4, -0.2) is 28.1 Å². The highest BCUT2D eigenvalue weighted by molar-refractivity contribution is 5.86. The van der Waals surface area contributed by atoms with Crippen molar-refractivity contribution in [2.75, 3.05) is 11.9 Å². The molecule has 2 rings (SSSR count). The largest absolute Gasteiger partial charge is 0.477 e. The van der Waals surface area contributed by atoms with Gasteiger partial charge in [0.25, 0.3) is 5.56 Å². The van der Waals surface area contributed by atoms with Crippen molar-refractivity contribution in [2.45, 2.75) is 6.54 Å². The Morgan fingerprint density at radius 2 is 2.05 bits per heavy atom. The Kier molecular flexibility index (Phi) is 3.61. The van der Waals surface area contributed by atoms with E-state index in [1.54, 1.807) is 11.9 Å². The quantitative estimate of drug-likeness (QED) is 0.858. The number of nitrogens with one attached hydrogen (secondary N) is 1. The maximum atomic E-state index is 11.5. The Balaban J connectivity index is 2.21. The number of carboxylic acids is 1. The van der Waals surface area contributed by atoms with Gasteiger partial charge in [-0.15, -0.1) is 0 Å². The Bertz CT molecular complexity index is 637. The summed E-state index contributed by atoms with van der Waals surface area (Å²) in [6.07, 6.45) is 1.07. The number of benzene rings is 1. The molecular formula is C13H13N3O3. The second-order valence-corrected chi connectivity index (χ2v) is 4.10. The first-order valence-corrected chi connectivity index (χ1v) is 5.65. The van der Waals surface area contributed by atoms with Gasteiger partial charge < -0.3 is 10.0 Å². The minimum Gasteiger partial charge on any atom is -0.477 e. The van der Waals surface area contributed by atoms with Crippen LogP contribution in [-0.2, 0) is 6.54 Å². The van der Waals surface area contributed by atoms with E-state index >= 15 is 0 Å². The number of aromatic amines is 1. The number of hydrogen-bond donors (Lipinski definition) is 2. The van der Waals surface area contributed by atoms with E-state index in [9.17, 15) is 9.59 Å². The van der Waals surface area contributed by atoms with Gasteiger partial charge in [-0.25, -0.2) is 9.78 Å². The summed E-state index contributed by atoms with van der Waals surface area (Å²) in [6, 6.07) is 9.69. The predicted octanol–water partition coefficient (Wildman–Crippen LogP) is 1.10. The number of H-pyrrole nitrogens is 1. The molecule has 0 atom stereocenters. The molecule has 1 aromatic carbocycles. The zero-order valence-corrected chi connectivity index (χ0v) is 10.3. The topological polar surface area (TPSA) is 86.3 Å². The van der Waals surface area contributed by atoms with Crippen LogP contribution in [0.3, 0.4) is 0 Å². The second-order valence-electron chi connectivity index (χ2n) is 4.10. The molecule has 0 aliphatic heterocycles. The van der Waals surface area contributed by atoms with E-state index in [1.807, 2.05) is 30.3 Å². The summed E-state index contributed by atoms with van der Waals surface area (Å²) in [7, 11) is 1.77. The van der Waals surface area contributed by atoms with Crippen molar-refractivity contribution in [1.82, 2.24) is 9.97 Å². The third-order valence-corrected chi connectivity index (χ3v) is 2.64. The van der Waals surface area contributed by atoms with Gasteiger partial charge in [-0.05, 0) is 5.56 Å². The first kappa shape index (κ1) is 12.8. The van der Waals surface area contributed by atoms with E-state index in [4.69, 9.17) is 5.11 Å². The fraction of sp³-hybridized carbons (Fsp3) is 0.154. The average molecular weight is 259 g/mol. The molecule has 19 heavy (non-hydrogen) atoms. The van der Waals surface area contributed by atoms with Crippen LogP contribution in [0.5, 0.6) is 0 Å². The van der Waals surface area contributed by atoms with E-state index in [1.165, 1.54) is 0 Å². The van der Waals surface area contributed by atoms with Gasteiger partial charge in [-0.1, -0.05) is 30.3 Å². The molecular weight excluding hydrogens is 246 g/mol. The minimum atomic E-state index is -1.29. The molecule has 2 aromatic rings. The number of anilines is 1. The van der Waals surface area contributed by atoms with Gasteiger partial charge in [-0.2, -0.15) is 0 Å². The molecule has 0 unspecified atom stereocenters. The van der Waals surface area contributed by atoms with Crippen LogP contribution in [0.15, 0.2) is 41.3 Å². The Morgan fingerprint density at radius 1 is 1.37 bits per heavy atom. The summed E-state index contributed by atoms with van der Waals surface area (Å²) in [4.78, 5) is 30.4. The molecule has 0 fully saturated rings. The standard InChI is InChI=1S/C13H13N3O3/c1-16(8-9-5-3-2-4-6-9)13-14-7-10(12(18)19)11(17)15-13/h2-7H,8H2,1H3,(H,18,19)(H,14,15,17). The maximum Gasteiger partial charge on any atom is 0.342 e. The van der Waals surface area contributed by atoms with Crippen LogP contribution in [0.2, 0.25) is 0 Å². The molecule has 1 heterocycles. The highest BCUT2D eigenvalue weighted by Gasteiger charge is 2.11. The van der Waals surface area contributed by atoms with Crippen molar-refractivity contribution in [3.8, 4) is 0 Å². The number of carbonyl (C=O) groups is 1. The van der Waals surface area contributed by atoms with Gasteiger partial charge in [0.05, 0.1) is 6.20 Å². The summed E-state index contributed by atoms with van der Waals surface area (Å²) >= 11 is 0. The lowest BCUT2D eigenvalue weighted by molar-refractivity contribution is 0.0694. The van der Waals surface area contributed by atoms with Gasteiger partial charge >= 0.3 is 5.97 Å². The van der Waals surface area contributed by atoms with Crippen LogP contribution < -0.4 is 10.5 Å². The Labute approximate surface area is 109 Å². The third kappa shape index (κ3) is 2.98. The number of aromatic carboxylic acids is 1. The average Bonchev–Trinajstić information content (AvgIpc) is 2.39. The maximum absolute atomic E-state index is 11.5. The van der Waals surface area contributed by atoms with Crippen LogP contribution in [0, 0.1) is 0 Å². The fourth-order valence-corrected chi connectivity index (χ4v) is 1.66. The molecule has 98 valence electrons. The molecule has 0 bridgehead atoms. The first-order valence-electron chi connectivity index (χ1n) is 5.65. The highest BCUT2D eigenvalue weighted by atomic mass is 16.4. The van der Waals surface area contributed by atoms with Crippen molar-refractivity contribution < 1.29 is 9.90 Å². The minimum absolute atomic E-state index is 0.332. The summed E-state index contributed by atoms with van der Waals surface area (Å²) < 4.78 is 0. The zero-order chi connectivity index (χ0) is 13.8. The molecule has 6 heteroatoms. The van der Waals surface area contributed by atoms with Crippen molar-refractivity contribution in [3.63, 3.8) is 0 Å². The fourth-order valence-electron chi connectivity index (χ4n) is 1.66. The van der Waals surface area contributed by atoms with Gasteiger partial charge in [0.15, 0.2) is 0 Å². The molecule has 0 amide bonds. The number of rotatable bonds is 4. The number of aromatic nitrogens is 2. The second kappa shape index (κ2) is 5.34. The van der Waals surface area contributed by atoms with Crippen molar-refractivity contribution in [1.29, 1.82) is 0 Å². The first-order chi connectivity index (χ1) is 9.08. The molecule has 0 saturated heterocycles. The highest BCUT2D eigenvalue weighted by Crippen LogP contribution is 2.08. The summed E-state index contributed by atoms with van der Waals surface area (Å²) in [5, 5.41) is 8.76. The lowest BCUT2D eigenvalue weighted by atomic mass is 10.2. The molecule has 6 nitrogen and oxygen atoms in total. The normalized spacial score (nSPS) is 10.2. The van der Waals surface area contributed by atoms with E-state index in [0.717, 1.165) is 11.8 Å². The molecule has 0 saturated carbocycles. The summed E-state index contributed by atoms with van der Waals surface area (Å²) in [5.41, 5.74) is 0.0456. The van der Waals surface area contributed by atoms with E-state index in [0.29, 0.717) is 12.5 Å². The van der Waals surface area contributed by atoms with Crippen molar-refractivity contribution in [3.05, 3.63) is 58.0 Å². The van der Waals surface area contributed by atoms with Gasteiger partial charge in [-0.3, -0.25) is 9.78 Å².